The van der Waals surface area contributed by atoms with Crippen LogP contribution in [0.3, 0.4) is 0 Å². The van der Waals surface area contributed by atoms with Gasteiger partial charge in [-0.15, -0.1) is 0 Å². The van der Waals surface area contributed by atoms with Crippen molar-refractivity contribution in [3.8, 4) is 0 Å². The molecular formula is C54H72N2O. The lowest BCUT2D eigenvalue weighted by atomic mass is 9.98. The summed E-state index contributed by atoms with van der Waals surface area (Å²) in [6.45, 7) is 24.8. The Labute approximate surface area is 347 Å². The van der Waals surface area contributed by atoms with E-state index in [2.05, 4.69) is 145 Å². The van der Waals surface area contributed by atoms with Crippen molar-refractivity contribution in [1.29, 1.82) is 0 Å². The zero-order chi connectivity index (χ0) is 41.2. The highest BCUT2D eigenvalue weighted by Gasteiger charge is 2.12. The summed E-state index contributed by atoms with van der Waals surface area (Å²) in [5.74, 6) is 2.51. The van der Waals surface area contributed by atoms with Crippen molar-refractivity contribution in [1.82, 2.24) is 0 Å². The molecule has 0 amide bonds. The maximum atomic E-state index is 12.1. The minimum absolute atomic E-state index is 0.0842. The van der Waals surface area contributed by atoms with Gasteiger partial charge in [-0.25, -0.2) is 0 Å². The van der Waals surface area contributed by atoms with Crippen molar-refractivity contribution < 1.29 is 4.79 Å². The molecule has 304 valence electrons. The lowest BCUT2D eigenvalue weighted by Crippen LogP contribution is -2.29. The molecule has 0 N–H and O–H groups in total. The SMILES string of the molecule is CC(C)c1ccc(C(=O)c2ccccc2)cc1.CC(C)c1ccc(N2CCCCC2)cc1.CC(C)c1ccc(N2CCCCC2)cc1.Cc1ccc(C(C)C)cc1. The predicted molar refractivity (Wildman–Crippen MR) is 249 cm³/mol. The maximum absolute atomic E-state index is 12.1. The van der Waals surface area contributed by atoms with Crippen LogP contribution in [0.15, 0.2) is 127 Å². The Kier molecular flexibility index (Phi) is 18.6. The maximum Gasteiger partial charge on any atom is 0.193 e. The van der Waals surface area contributed by atoms with Gasteiger partial charge in [-0.05, 0) is 116 Å². The monoisotopic (exact) mass is 765 g/mol. The lowest BCUT2D eigenvalue weighted by Gasteiger charge is -2.29. The number of nitrogens with zero attached hydrogens (tertiary/aromatic N) is 2. The number of hydrogen-bond donors (Lipinski definition) is 0. The van der Waals surface area contributed by atoms with Crippen LogP contribution >= 0.6 is 0 Å². The number of anilines is 2. The highest BCUT2D eigenvalue weighted by atomic mass is 16.1. The second kappa shape index (κ2) is 23.6. The second-order valence-electron chi connectivity index (χ2n) is 17.1. The van der Waals surface area contributed by atoms with Gasteiger partial charge in [0.2, 0.25) is 0 Å². The molecule has 5 aromatic carbocycles. The van der Waals surface area contributed by atoms with E-state index in [-0.39, 0.29) is 5.78 Å². The largest absolute Gasteiger partial charge is 0.372 e. The topological polar surface area (TPSA) is 23.6 Å². The van der Waals surface area contributed by atoms with Gasteiger partial charge < -0.3 is 9.80 Å². The van der Waals surface area contributed by atoms with Crippen LogP contribution in [0.2, 0.25) is 0 Å². The van der Waals surface area contributed by atoms with Gasteiger partial charge in [-0.2, -0.15) is 0 Å². The van der Waals surface area contributed by atoms with E-state index in [4.69, 9.17) is 0 Å². The fourth-order valence-electron chi connectivity index (χ4n) is 7.17. The molecule has 5 aromatic rings. The lowest BCUT2D eigenvalue weighted by molar-refractivity contribution is 0.103. The number of ketones is 1. The van der Waals surface area contributed by atoms with Crippen LogP contribution in [0, 0.1) is 6.92 Å². The number of aryl methyl sites for hydroxylation is 1. The van der Waals surface area contributed by atoms with Gasteiger partial charge in [-0.3, -0.25) is 4.79 Å². The van der Waals surface area contributed by atoms with E-state index >= 15 is 0 Å². The summed E-state index contributed by atoms with van der Waals surface area (Å²) >= 11 is 0. The minimum atomic E-state index is 0.0842. The molecule has 2 saturated heterocycles. The average molecular weight is 765 g/mol. The zero-order valence-corrected chi connectivity index (χ0v) is 36.8. The highest BCUT2D eigenvalue weighted by Crippen LogP contribution is 2.24. The molecule has 2 fully saturated rings. The first-order chi connectivity index (χ1) is 27.4. The van der Waals surface area contributed by atoms with E-state index in [9.17, 15) is 4.79 Å². The molecule has 0 radical (unpaired) electrons. The van der Waals surface area contributed by atoms with Crippen LogP contribution in [0.5, 0.6) is 0 Å². The molecule has 3 nitrogen and oxygen atoms in total. The fraction of sp³-hybridized carbons (Fsp3) is 0.426. The number of carbonyl (C=O) groups is 1. The number of piperidine rings is 2. The Balaban J connectivity index is 0.000000171. The van der Waals surface area contributed by atoms with E-state index in [1.165, 1.54) is 104 Å². The van der Waals surface area contributed by atoms with E-state index in [0.29, 0.717) is 23.7 Å². The molecule has 57 heavy (non-hydrogen) atoms. The molecule has 2 aliphatic rings. The van der Waals surface area contributed by atoms with Crippen molar-refractivity contribution in [2.75, 3.05) is 36.0 Å². The van der Waals surface area contributed by atoms with Gasteiger partial charge in [0, 0.05) is 48.7 Å². The van der Waals surface area contributed by atoms with Crippen LogP contribution in [0.25, 0.3) is 0 Å². The molecule has 2 aliphatic heterocycles. The predicted octanol–water partition coefficient (Wildman–Crippen LogP) is 14.8. The van der Waals surface area contributed by atoms with Gasteiger partial charge in [0.1, 0.15) is 0 Å². The first-order valence-electron chi connectivity index (χ1n) is 21.9. The van der Waals surface area contributed by atoms with E-state index < -0.39 is 0 Å². The molecule has 3 heteroatoms. The van der Waals surface area contributed by atoms with Gasteiger partial charge in [0.05, 0.1) is 0 Å². The molecule has 0 unspecified atom stereocenters. The summed E-state index contributed by atoms with van der Waals surface area (Å²) in [5.41, 5.74) is 11.2. The number of rotatable bonds is 8. The third-order valence-corrected chi connectivity index (χ3v) is 11.2. The number of carbonyl (C=O) groups excluding carboxylic acids is 1. The van der Waals surface area contributed by atoms with Crippen LogP contribution < -0.4 is 9.80 Å². The summed E-state index contributed by atoms with van der Waals surface area (Å²) in [4.78, 5) is 17.1. The highest BCUT2D eigenvalue weighted by molar-refractivity contribution is 6.08. The normalized spacial score (nSPS) is 14.0. The summed E-state index contributed by atoms with van der Waals surface area (Å²) < 4.78 is 0. The van der Waals surface area contributed by atoms with Crippen LogP contribution in [0.4, 0.5) is 11.4 Å². The van der Waals surface area contributed by atoms with Crippen molar-refractivity contribution in [3.05, 3.63) is 166 Å². The molecule has 7 rings (SSSR count). The third-order valence-electron chi connectivity index (χ3n) is 11.2. The molecule has 0 atom stereocenters. The van der Waals surface area contributed by atoms with Crippen molar-refractivity contribution >= 4 is 17.2 Å². The van der Waals surface area contributed by atoms with Gasteiger partial charge in [-0.1, -0.05) is 164 Å². The third kappa shape index (κ3) is 15.0. The zero-order valence-electron chi connectivity index (χ0n) is 36.8. The van der Waals surface area contributed by atoms with E-state index in [1.54, 1.807) is 0 Å². The Hall–Kier alpha value is -4.63. The summed E-state index contributed by atoms with van der Waals surface area (Å²) in [5, 5.41) is 0. The summed E-state index contributed by atoms with van der Waals surface area (Å²) in [6, 6.07) is 44.2. The first kappa shape index (κ1) is 45.1. The van der Waals surface area contributed by atoms with E-state index in [0.717, 1.165) is 11.1 Å². The number of hydrogen-bond acceptors (Lipinski definition) is 3. The molecule has 0 saturated carbocycles. The summed E-state index contributed by atoms with van der Waals surface area (Å²) in [6.07, 6.45) is 8.22. The fourth-order valence-corrected chi connectivity index (χ4v) is 7.17. The van der Waals surface area contributed by atoms with Crippen LogP contribution in [0.1, 0.15) is 161 Å². The Bertz CT molecular complexity index is 1760. The Morgan fingerprint density at radius 2 is 0.684 bits per heavy atom. The molecule has 0 bridgehead atoms. The minimum Gasteiger partial charge on any atom is -0.372 e. The van der Waals surface area contributed by atoms with Crippen molar-refractivity contribution in [2.45, 2.75) is 125 Å². The van der Waals surface area contributed by atoms with Gasteiger partial charge in [0.15, 0.2) is 5.78 Å². The summed E-state index contributed by atoms with van der Waals surface area (Å²) in [7, 11) is 0. The Morgan fingerprint density at radius 3 is 1.02 bits per heavy atom. The average Bonchev–Trinajstić information content (AvgIpc) is 3.25. The van der Waals surface area contributed by atoms with Crippen LogP contribution in [-0.2, 0) is 0 Å². The van der Waals surface area contributed by atoms with Gasteiger partial charge >= 0.3 is 0 Å². The Morgan fingerprint density at radius 1 is 0.386 bits per heavy atom. The van der Waals surface area contributed by atoms with Crippen LogP contribution in [-0.4, -0.2) is 32.0 Å². The molecule has 0 spiro atoms. The molecule has 0 aromatic heterocycles. The smallest absolute Gasteiger partial charge is 0.193 e. The molecule has 0 aliphatic carbocycles. The standard InChI is InChI=1S/C16H16O.2C14H21N.C10H14/c1-12(2)13-8-10-15(11-9-13)16(17)14-6-4-3-5-7-14;2*1-12(2)13-6-8-14(9-7-13)15-10-4-3-5-11-15;1-8(2)10-6-4-9(3)5-7-10/h3-12H,1-2H3;2*6-9,12H,3-5,10-11H2,1-2H3;4-8H,1-3H3. The van der Waals surface area contributed by atoms with Crippen molar-refractivity contribution in [3.63, 3.8) is 0 Å². The van der Waals surface area contributed by atoms with Gasteiger partial charge in [0.25, 0.3) is 0 Å². The number of benzene rings is 5. The molecular weight excluding hydrogens is 693 g/mol. The quantitative estimate of drug-likeness (QED) is 0.147. The first-order valence-corrected chi connectivity index (χ1v) is 21.9. The second-order valence-corrected chi connectivity index (χ2v) is 17.1. The van der Waals surface area contributed by atoms with Crippen molar-refractivity contribution in [2.24, 2.45) is 0 Å². The van der Waals surface area contributed by atoms with E-state index in [1.807, 2.05) is 54.6 Å². The molecule has 2 heterocycles.